The summed E-state index contributed by atoms with van der Waals surface area (Å²) in [6.07, 6.45) is 2.43. The number of morpholine rings is 2. The highest BCUT2D eigenvalue weighted by Crippen LogP contribution is 2.19. The number of halogens is 1. The molecule has 0 radical (unpaired) electrons. The van der Waals surface area contributed by atoms with Crippen LogP contribution >= 0.6 is 24.0 Å². The molecule has 0 amide bonds. The number of aliphatic imine (C=N–C) groups is 1. The molecule has 2 unspecified atom stereocenters. The molecule has 0 saturated carbocycles. The topological polar surface area (TPSA) is 61.4 Å². The van der Waals surface area contributed by atoms with Crippen molar-refractivity contribution < 1.29 is 9.47 Å². The standard InChI is InChI=1S/C22H45N5O2.HI/c1-5-20(6-2)21(27-10-14-29-15-11-27)17-25-22(23-7-3)24-16-19(4)18-26-8-12-28-13-9-26;/h19-21H,5-18H2,1-4H3,(H2,23,24,25);1H. The van der Waals surface area contributed by atoms with Crippen molar-refractivity contribution in [1.82, 2.24) is 20.4 Å². The summed E-state index contributed by atoms with van der Waals surface area (Å²) in [6.45, 7) is 20.4. The van der Waals surface area contributed by atoms with E-state index in [-0.39, 0.29) is 24.0 Å². The second kappa shape index (κ2) is 16.5. The quantitative estimate of drug-likeness (QED) is 0.239. The SMILES string of the molecule is CCNC(=NCC(C)CN1CCOCC1)NCC(C(CC)CC)N1CCOCC1.I. The minimum atomic E-state index is 0. The van der Waals surface area contributed by atoms with Gasteiger partial charge in [0, 0.05) is 58.4 Å². The summed E-state index contributed by atoms with van der Waals surface area (Å²) in [5, 5.41) is 7.09. The van der Waals surface area contributed by atoms with E-state index in [9.17, 15) is 0 Å². The molecule has 178 valence electrons. The molecule has 0 aromatic rings. The maximum atomic E-state index is 5.58. The summed E-state index contributed by atoms with van der Waals surface area (Å²) >= 11 is 0. The Balaban J connectivity index is 0.00000450. The Hall–Kier alpha value is -0.160. The number of hydrogen-bond acceptors (Lipinski definition) is 5. The van der Waals surface area contributed by atoms with Crippen LogP contribution in [0.15, 0.2) is 4.99 Å². The van der Waals surface area contributed by atoms with Gasteiger partial charge >= 0.3 is 0 Å². The molecule has 0 aliphatic carbocycles. The number of ether oxygens (including phenoxy) is 2. The molecule has 2 heterocycles. The Morgan fingerprint density at radius 3 is 2.10 bits per heavy atom. The maximum Gasteiger partial charge on any atom is 0.191 e. The Bertz CT molecular complexity index is 453. The molecule has 2 fully saturated rings. The van der Waals surface area contributed by atoms with Crippen LogP contribution in [0, 0.1) is 11.8 Å². The van der Waals surface area contributed by atoms with Crippen molar-refractivity contribution in [1.29, 1.82) is 0 Å². The molecule has 0 spiro atoms. The smallest absolute Gasteiger partial charge is 0.191 e. The molecule has 2 rings (SSSR count). The second-order valence-corrected chi connectivity index (χ2v) is 8.41. The molecule has 2 atom stereocenters. The lowest BCUT2D eigenvalue weighted by Crippen LogP contribution is -2.53. The fourth-order valence-electron chi connectivity index (χ4n) is 4.41. The summed E-state index contributed by atoms with van der Waals surface area (Å²) in [5.74, 6) is 2.19. The average Bonchev–Trinajstić information content (AvgIpc) is 2.76. The van der Waals surface area contributed by atoms with Gasteiger partial charge in [0.15, 0.2) is 5.96 Å². The van der Waals surface area contributed by atoms with Crippen molar-refractivity contribution in [3.05, 3.63) is 0 Å². The van der Waals surface area contributed by atoms with Crippen LogP contribution in [0.1, 0.15) is 40.5 Å². The van der Waals surface area contributed by atoms with Crippen LogP contribution in [-0.4, -0.2) is 101 Å². The van der Waals surface area contributed by atoms with E-state index in [2.05, 4.69) is 48.1 Å². The first-order valence-corrected chi connectivity index (χ1v) is 11.8. The monoisotopic (exact) mass is 539 g/mol. The van der Waals surface area contributed by atoms with E-state index in [1.807, 2.05) is 0 Å². The lowest BCUT2D eigenvalue weighted by Gasteiger charge is -2.39. The fourth-order valence-corrected chi connectivity index (χ4v) is 4.41. The van der Waals surface area contributed by atoms with Crippen LogP contribution in [0.25, 0.3) is 0 Å². The van der Waals surface area contributed by atoms with Gasteiger partial charge < -0.3 is 20.1 Å². The lowest BCUT2D eigenvalue weighted by molar-refractivity contribution is 0.00272. The van der Waals surface area contributed by atoms with Crippen molar-refractivity contribution in [2.45, 2.75) is 46.6 Å². The molecule has 30 heavy (non-hydrogen) atoms. The van der Waals surface area contributed by atoms with Crippen molar-refractivity contribution in [2.75, 3.05) is 78.8 Å². The second-order valence-electron chi connectivity index (χ2n) is 8.41. The fraction of sp³-hybridized carbons (Fsp3) is 0.955. The van der Waals surface area contributed by atoms with Gasteiger partial charge in [0.1, 0.15) is 0 Å². The third kappa shape index (κ3) is 9.97. The molecule has 0 aromatic carbocycles. The van der Waals surface area contributed by atoms with E-state index in [4.69, 9.17) is 14.5 Å². The lowest BCUT2D eigenvalue weighted by atomic mass is 9.92. The van der Waals surface area contributed by atoms with Crippen LogP contribution in [-0.2, 0) is 9.47 Å². The zero-order valence-corrected chi connectivity index (χ0v) is 22.0. The highest BCUT2D eigenvalue weighted by atomic mass is 127. The predicted octanol–water partition coefficient (Wildman–Crippen LogP) is 2.26. The van der Waals surface area contributed by atoms with Gasteiger partial charge in [-0.25, -0.2) is 0 Å². The Morgan fingerprint density at radius 1 is 0.933 bits per heavy atom. The van der Waals surface area contributed by atoms with E-state index in [0.717, 1.165) is 84.7 Å². The highest BCUT2D eigenvalue weighted by Gasteiger charge is 2.27. The molecule has 2 aliphatic rings. The highest BCUT2D eigenvalue weighted by molar-refractivity contribution is 14.0. The van der Waals surface area contributed by atoms with E-state index >= 15 is 0 Å². The van der Waals surface area contributed by atoms with Crippen LogP contribution < -0.4 is 10.6 Å². The first-order valence-electron chi connectivity index (χ1n) is 11.8. The van der Waals surface area contributed by atoms with Gasteiger partial charge in [-0.15, -0.1) is 24.0 Å². The normalized spacial score (nSPS) is 21.2. The van der Waals surface area contributed by atoms with Gasteiger partial charge in [-0.1, -0.05) is 33.6 Å². The van der Waals surface area contributed by atoms with Crippen LogP contribution in [0.4, 0.5) is 0 Å². The van der Waals surface area contributed by atoms with E-state index in [1.165, 1.54) is 12.8 Å². The molecule has 7 nitrogen and oxygen atoms in total. The van der Waals surface area contributed by atoms with E-state index < -0.39 is 0 Å². The number of hydrogen-bond donors (Lipinski definition) is 2. The molecule has 0 bridgehead atoms. The molecular formula is C22H46IN5O2. The summed E-state index contributed by atoms with van der Waals surface area (Å²) in [5.41, 5.74) is 0. The largest absolute Gasteiger partial charge is 0.379 e. The molecular weight excluding hydrogens is 493 g/mol. The van der Waals surface area contributed by atoms with Gasteiger partial charge in [0.2, 0.25) is 0 Å². The van der Waals surface area contributed by atoms with Crippen LogP contribution in [0.5, 0.6) is 0 Å². The van der Waals surface area contributed by atoms with Crippen molar-refractivity contribution in [2.24, 2.45) is 16.8 Å². The summed E-state index contributed by atoms with van der Waals surface area (Å²) < 4.78 is 11.0. The van der Waals surface area contributed by atoms with E-state index in [1.54, 1.807) is 0 Å². The van der Waals surface area contributed by atoms with Gasteiger partial charge in [-0.05, 0) is 18.8 Å². The van der Waals surface area contributed by atoms with Gasteiger partial charge in [0.25, 0.3) is 0 Å². The predicted molar refractivity (Wildman–Crippen MR) is 136 cm³/mol. The molecule has 2 aliphatic heterocycles. The Morgan fingerprint density at radius 2 is 1.53 bits per heavy atom. The van der Waals surface area contributed by atoms with Gasteiger partial charge in [-0.2, -0.15) is 0 Å². The number of rotatable bonds is 11. The Kier molecular flexibility index (Phi) is 15.3. The van der Waals surface area contributed by atoms with Crippen LogP contribution in [0.3, 0.4) is 0 Å². The zero-order chi connectivity index (χ0) is 20.9. The zero-order valence-electron chi connectivity index (χ0n) is 19.7. The summed E-state index contributed by atoms with van der Waals surface area (Å²) in [4.78, 5) is 10.0. The van der Waals surface area contributed by atoms with Crippen molar-refractivity contribution in [3.8, 4) is 0 Å². The number of guanidine groups is 1. The van der Waals surface area contributed by atoms with Crippen molar-refractivity contribution in [3.63, 3.8) is 0 Å². The van der Waals surface area contributed by atoms with Crippen molar-refractivity contribution >= 4 is 29.9 Å². The Labute approximate surface area is 201 Å². The minimum absolute atomic E-state index is 0. The molecule has 8 heteroatoms. The van der Waals surface area contributed by atoms with Gasteiger partial charge in [0.05, 0.1) is 26.4 Å². The molecule has 0 aromatic heterocycles. The first-order chi connectivity index (χ1) is 14.2. The number of nitrogens with zero attached hydrogens (tertiary/aromatic N) is 3. The minimum Gasteiger partial charge on any atom is -0.379 e. The average molecular weight is 540 g/mol. The van der Waals surface area contributed by atoms with Gasteiger partial charge in [-0.3, -0.25) is 14.8 Å². The molecule has 2 saturated heterocycles. The third-order valence-electron chi connectivity index (χ3n) is 6.17. The summed E-state index contributed by atoms with van der Waals surface area (Å²) in [7, 11) is 0. The maximum absolute atomic E-state index is 5.58. The number of nitrogens with one attached hydrogen (secondary N) is 2. The van der Waals surface area contributed by atoms with E-state index in [0.29, 0.717) is 17.9 Å². The van der Waals surface area contributed by atoms with Crippen LogP contribution in [0.2, 0.25) is 0 Å². The molecule has 2 N–H and O–H groups in total. The summed E-state index contributed by atoms with van der Waals surface area (Å²) in [6, 6.07) is 0.531. The third-order valence-corrected chi connectivity index (χ3v) is 6.17. The first kappa shape index (κ1) is 27.9.